The average molecular weight is 408 g/mol. The summed E-state index contributed by atoms with van der Waals surface area (Å²) < 4.78 is 20.2. The SMILES string of the molecule is CCn1c(SCC(=O)NNC(=O)c2ccc(F)cc2)nnc1N1CCOCC1. The van der Waals surface area contributed by atoms with Crippen LogP contribution < -0.4 is 15.8 Å². The molecule has 0 spiro atoms. The first-order valence-electron chi connectivity index (χ1n) is 8.82. The Morgan fingerprint density at radius 2 is 1.89 bits per heavy atom. The number of hydrogen-bond acceptors (Lipinski definition) is 7. The number of hydrogen-bond donors (Lipinski definition) is 2. The fourth-order valence-corrected chi connectivity index (χ4v) is 3.43. The van der Waals surface area contributed by atoms with Gasteiger partial charge < -0.3 is 9.64 Å². The molecule has 2 amide bonds. The highest BCUT2D eigenvalue weighted by Gasteiger charge is 2.20. The quantitative estimate of drug-likeness (QED) is 0.539. The van der Waals surface area contributed by atoms with E-state index in [4.69, 9.17) is 4.74 Å². The number of anilines is 1. The van der Waals surface area contributed by atoms with Crippen molar-refractivity contribution in [3.8, 4) is 0 Å². The van der Waals surface area contributed by atoms with Crippen molar-refractivity contribution in [1.29, 1.82) is 0 Å². The molecule has 2 N–H and O–H groups in total. The van der Waals surface area contributed by atoms with Crippen LogP contribution in [0.2, 0.25) is 0 Å². The summed E-state index contributed by atoms with van der Waals surface area (Å²) in [6.45, 7) is 5.45. The lowest BCUT2D eigenvalue weighted by Gasteiger charge is -2.27. The van der Waals surface area contributed by atoms with Gasteiger partial charge >= 0.3 is 0 Å². The molecule has 150 valence electrons. The van der Waals surface area contributed by atoms with Crippen LogP contribution in [-0.4, -0.2) is 58.6 Å². The number of amides is 2. The van der Waals surface area contributed by atoms with Gasteiger partial charge in [-0.25, -0.2) is 4.39 Å². The molecule has 0 saturated carbocycles. The third-order valence-corrected chi connectivity index (χ3v) is 5.03. The van der Waals surface area contributed by atoms with Gasteiger partial charge in [0.1, 0.15) is 5.82 Å². The van der Waals surface area contributed by atoms with Crippen LogP contribution in [0.15, 0.2) is 29.4 Å². The van der Waals surface area contributed by atoms with Gasteiger partial charge in [-0.3, -0.25) is 25.0 Å². The lowest BCUT2D eigenvalue weighted by Crippen LogP contribution is -2.42. The standard InChI is InChI=1S/C17H21FN6O3S/c1-2-24-16(23-7-9-27-10-8-23)21-22-17(24)28-11-14(25)19-20-15(26)12-3-5-13(18)6-4-12/h3-6H,2,7-11H2,1H3,(H,19,25)(H,20,26). The molecule has 0 atom stereocenters. The average Bonchev–Trinajstić information content (AvgIpc) is 3.14. The molecule has 2 aromatic rings. The second-order valence-electron chi connectivity index (χ2n) is 5.92. The summed E-state index contributed by atoms with van der Waals surface area (Å²) in [6, 6.07) is 5.03. The zero-order chi connectivity index (χ0) is 19.9. The molecule has 1 aliphatic rings. The topological polar surface area (TPSA) is 101 Å². The molecule has 1 aliphatic heterocycles. The van der Waals surface area contributed by atoms with E-state index in [2.05, 4.69) is 25.9 Å². The van der Waals surface area contributed by atoms with Crippen LogP contribution in [0.4, 0.5) is 10.3 Å². The van der Waals surface area contributed by atoms with Gasteiger partial charge in [0.2, 0.25) is 11.9 Å². The number of morpholine rings is 1. The van der Waals surface area contributed by atoms with Crippen molar-refractivity contribution in [3.05, 3.63) is 35.6 Å². The van der Waals surface area contributed by atoms with Crippen LogP contribution in [0.1, 0.15) is 17.3 Å². The van der Waals surface area contributed by atoms with E-state index in [-0.39, 0.29) is 17.2 Å². The van der Waals surface area contributed by atoms with Crippen LogP contribution in [0, 0.1) is 5.82 Å². The van der Waals surface area contributed by atoms with Crippen molar-refractivity contribution in [2.45, 2.75) is 18.6 Å². The van der Waals surface area contributed by atoms with Crippen molar-refractivity contribution < 1.29 is 18.7 Å². The summed E-state index contributed by atoms with van der Waals surface area (Å²) in [7, 11) is 0. The largest absolute Gasteiger partial charge is 0.378 e. The Labute approximate surface area is 165 Å². The lowest BCUT2D eigenvalue weighted by molar-refractivity contribution is -0.119. The molecule has 0 unspecified atom stereocenters. The van der Waals surface area contributed by atoms with E-state index in [0.717, 1.165) is 19.0 Å². The van der Waals surface area contributed by atoms with Gasteiger partial charge in [0.05, 0.1) is 19.0 Å². The maximum atomic E-state index is 12.9. The summed E-state index contributed by atoms with van der Waals surface area (Å²) in [5.41, 5.74) is 4.88. The summed E-state index contributed by atoms with van der Waals surface area (Å²) in [6.07, 6.45) is 0. The molecule has 2 heterocycles. The van der Waals surface area contributed by atoms with Crippen LogP contribution in [0.5, 0.6) is 0 Å². The first-order valence-corrected chi connectivity index (χ1v) is 9.80. The van der Waals surface area contributed by atoms with Crippen LogP contribution in [0.3, 0.4) is 0 Å². The Hall–Kier alpha value is -2.66. The molecule has 0 aliphatic carbocycles. The molecule has 3 rings (SSSR count). The van der Waals surface area contributed by atoms with E-state index >= 15 is 0 Å². The number of carbonyl (C=O) groups excluding carboxylic acids is 2. The minimum atomic E-state index is -0.523. The van der Waals surface area contributed by atoms with Crippen LogP contribution >= 0.6 is 11.8 Å². The number of hydrazine groups is 1. The number of nitrogens with zero attached hydrogens (tertiary/aromatic N) is 4. The highest BCUT2D eigenvalue weighted by molar-refractivity contribution is 7.99. The van der Waals surface area contributed by atoms with E-state index < -0.39 is 11.7 Å². The lowest BCUT2D eigenvalue weighted by atomic mass is 10.2. The molecular formula is C17H21FN6O3S. The number of nitrogens with one attached hydrogen (secondary N) is 2. The normalized spacial score (nSPS) is 14.0. The molecule has 28 heavy (non-hydrogen) atoms. The number of ether oxygens (including phenoxy) is 1. The summed E-state index contributed by atoms with van der Waals surface area (Å²) in [5, 5.41) is 9.04. The first-order chi connectivity index (χ1) is 13.6. The van der Waals surface area contributed by atoms with Crippen molar-refractivity contribution in [2.24, 2.45) is 0 Å². The van der Waals surface area contributed by atoms with E-state index in [9.17, 15) is 14.0 Å². The molecule has 0 radical (unpaired) electrons. The van der Waals surface area contributed by atoms with Gasteiger partial charge in [-0.05, 0) is 31.2 Å². The first kappa shape index (κ1) is 20.1. The van der Waals surface area contributed by atoms with Crippen molar-refractivity contribution >= 4 is 29.5 Å². The van der Waals surface area contributed by atoms with Gasteiger partial charge in [-0.1, -0.05) is 11.8 Å². The smallest absolute Gasteiger partial charge is 0.269 e. The monoisotopic (exact) mass is 408 g/mol. The third kappa shape index (κ3) is 4.98. The zero-order valence-corrected chi connectivity index (χ0v) is 16.2. The molecule has 1 fully saturated rings. The second kappa shape index (κ2) is 9.51. The predicted octanol–water partition coefficient (Wildman–Crippen LogP) is 0.827. The van der Waals surface area contributed by atoms with Gasteiger partial charge in [0, 0.05) is 25.2 Å². The molecule has 1 saturated heterocycles. The molecule has 9 nitrogen and oxygen atoms in total. The van der Waals surface area contributed by atoms with E-state index in [1.165, 1.54) is 36.0 Å². The number of halogens is 1. The number of rotatable bonds is 6. The van der Waals surface area contributed by atoms with Crippen LogP contribution in [-0.2, 0) is 16.1 Å². The highest BCUT2D eigenvalue weighted by atomic mass is 32.2. The fourth-order valence-electron chi connectivity index (χ4n) is 2.63. The maximum Gasteiger partial charge on any atom is 0.269 e. The van der Waals surface area contributed by atoms with E-state index in [1.807, 2.05) is 11.5 Å². The summed E-state index contributed by atoms with van der Waals surface area (Å²) >= 11 is 1.23. The number of benzene rings is 1. The van der Waals surface area contributed by atoms with Crippen molar-refractivity contribution in [1.82, 2.24) is 25.6 Å². The van der Waals surface area contributed by atoms with E-state index in [1.54, 1.807) is 0 Å². The molecule has 0 bridgehead atoms. The molecule has 1 aromatic heterocycles. The van der Waals surface area contributed by atoms with Gasteiger partial charge in [0.15, 0.2) is 5.16 Å². The minimum Gasteiger partial charge on any atom is -0.378 e. The van der Waals surface area contributed by atoms with Gasteiger partial charge in [-0.2, -0.15) is 0 Å². The molecule has 11 heteroatoms. The Kier molecular flexibility index (Phi) is 6.82. The number of thioether (sulfide) groups is 1. The van der Waals surface area contributed by atoms with Crippen LogP contribution in [0.25, 0.3) is 0 Å². The van der Waals surface area contributed by atoms with E-state index in [0.29, 0.717) is 24.9 Å². The summed E-state index contributed by atoms with van der Waals surface area (Å²) in [4.78, 5) is 26.0. The van der Waals surface area contributed by atoms with Crippen molar-refractivity contribution in [3.63, 3.8) is 0 Å². The zero-order valence-electron chi connectivity index (χ0n) is 15.4. The Bertz CT molecular complexity index is 823. The maximum absolute atomic E-state index is 12.9. The number of aromatic nitrogens is 3. The summed E-state index contributed by atoms with van der Waals surface area (Å²) in [5.74, 6) is -0.527. The Morgan fingerprint density at radius 1 is 1.18 bits per heavy atom. The number of carbonyl (C=O) groups is 2. The van der Waals surface area contributed by atoms with Crippen molar-refractivity contribution in [2.75, 3.05) is 37.0 Å². The highest BCUT2D eigenvalue weighted by Crippen LogP contribution is 2.22. The minimum absolute atomic E-state index is 0.0605. The van der Waals surface area contributed by atoms with Gasteiger partial charge in [-0.15, -0.1) is 10.2 Å². The Balaban J connectivity index is 1.51. The molecular weight excluding hydrogens is 387 g/mol. The molecule has 1 aromatic carbocycles. The predicted molar refractivity (Wildman–Crippen MR) is 101 cm³/mol. The third-order valence-electron chi connectivity index (χ3n) is 4.06. The fraction of sp³-hybridized carbons (Fsp3) is 0.412. The Morgan fingerprint density at radius 3 is 2.57 bits per heavy atom. The van der Waals surface area contributed by atoms with Gasteiger partial charge in [0.25, 0.3) is 5.91 Å². The second-order valence-corrected chi connectivity index (χ2v) is 6.87.